The zero-order valence-corrected chi connectivity index (χ0v) is 20.3. The smallest absolute Gasteiger partial charge is 0.269 e. The average molecular weight is 477 g/mol. The van der Waals surface area contributed by atoms with Crippen LogP contribution in [-0.2, 0) is 0 Å². The largest absolute Gasteiger partial charge is 0.493 e. The van der Waals surface area contributed by atoms with Gasteiger partial charge in [-0.15, -0.1) is 0 Å². The maximum absolute atomic E-state index is 12.5. The van der Waals surface area contributed by atoms with Crippen molar-refractivity contribution >= 4 is 28.6 Å². The van der Waals surface area contributed by atoms with E-state index < -0.39 is 0 Å². The second-order valence-electron chi connectivity index (χ2n) is 8.18. The van der Waals surface area contributed by atoms with Gasteiger partial charge in [-0.25, -0.2) is 9.97 Å². The Morgan fingerprint density at radius 3 is 2.43 bits per heavy atom. The predicted octanol–water partition coefficient (Wildman–Crippen LogP) is 3.97. The Hall–Kier alpha value is -4.34. The fraction of sp³-hybridized carbons (Fsp3) is 0.280. The van der Waals surface area contributed by atoms with Crippen molar-refractivity contribution in [1.82, 2.24) is 24.8 Å². The number of aromatic nitrogens is 4. The molecule has 1 amide bonds. The van der Waals surface area contributed by atoms with Gasteiger partial charge in [0.1, 0.15) is 11.5 Å². The molecule has 4 aromatic rings. The maximum atomic E-state index is 12.5. The van der Waals surface area contributed by atoms with Crippen LogP contribution in [0.3, 0.4) is 0 Å². The van der Waals surface area contributed by atoms with E-state index in [4.69, 9.17) is 14.2 Å². The number of ether oxygens (including phenoxy) is 3. The maximum Gasteiger partial charge on any atom is 0.269 e. The molecule has 2 N–H and O–H groups in total. The summed E-state index contributed by atoms with van der Waals surface area (Å²) in [5.74, 6) is 2.60. The van der Waals surface area contributed by atoms with Crippen LogP contribution in [0.5, 0.6) is 17.2 Å². The Morgan fingerprint density at radius 1 is 1.03 bits per heavy atom. The van der Waals surface area contributed by atoms with E-state index in [1.807, 2.05) is 36.7 Å². The van der Waals surface area contributed by atoms with E-state index in [0.29, 0.717) is 58.5 Å². The summed E-state index contributed by atoms with van der Waals surface area (Å²) < 4.78 is 18.0. The van der Waals surface area contributed by atoms with E-state index in [9.17, 15) is 4.79 Å². The molecule has 35 heavy (non-hydrogen) atoms. The number of rotatable bonds is 9. The van der Waals surface area contributed by atoms with Gasteiger partial charge in [-0.2, -0.15) is 4.98 Å². The first-order chi connectivity index (χ1) is 16.9. The van der Waals surface area contributed by atoms with Gasteiger partial charge in [-0.3, -0.25) is 9.36 Å². The summed E-state index contributed by atoms with van der Waals surface area (Å²) in [6, 6.07) is 10.8. The first-order valence-corrected chi connectivity index (χ1v) is 11.1. The van der Waals surface area contributed by atoms with Crippen LogP contribution in [-0.4, -0.2) is 53.3 Å². The number of hydrogen-bond acceptors (Lipinski definition) is 8. The number of methoxy groups -OCH3 is 3. The third kappa shape index (κ3) is 5.11. The lowest BCUT2D eigenvalue weighted by Gasteiger charge is -2.14. The molecule has 1 aromatic carbocycles. The van der Waals surface area contributed by atoms with E-state index in [-0.39, 0.29) is 5.91 Å². The SMILES string of the molecule is COc1cc(Nc2ncc3ccn(-c4cccc(C(=O)NCC(C)C)n4)c3n2)cc(OC)c1OC. The minimum Gasteiger partial charge on any atom is -0.493 e. The highest BCUT2D eigenvalue weighted by molar-refractivity contribution is 5.92. The molecule has 0 atom stereocenters. The molecule has 0 saturated carbocycles. The van der Waals surface area contributed by atoms with Crippen LogP contribution < -0.4 is 24.8 Å². The van der Waals surface area contributed by atoms with Crippen molar-refractivity contribution in [2.75, 3.05) is 33.2 Å². The first kappa shape index (κ1) is 23.8. The van der Waals surface area contributed by atoms with Gasteiger partial charge in [0, 0.05) is 42.1 Å². The van der Waals surface area contributed by atoms with Gasteiger partial charge in [-0.05, 0) is 24.1 Å². The van der Waals surface area contributed by atoms with Crippen LogP contribution in [0.4, 0.5) is 11.6 Å². The number of carbonyl (C=O) groups excluding carboxylic acids is 1. The quantitative estimate of drug-likeness (QED) is 0.373. The van der Waals surface area contributed by atoms with Crippen LogP contribution >= 0.6 is 0 Å². The summed E-state index contributed by atoms with van der Waals surface area (Å²) in [6.07, 6.45) is 3.57. The number of hydrogen-bond donors (Lipinski definition) is 2. The summed E-state index contributed by atoms with van der Waals surface area (Å²) >= 11 is 0. The average Bonchev–Trinajstić information content (AvgIpc) is 3.30. The van der Waals surface area contributed by atoms with Crippen molar-refractivity contribution in [3.63, 3.8) is 0 Å². The van der Waals surface area contributed by atoms with E-state index in [2.05, 4.69) is 25.6 Å². The summed E-state index contributed by atoms with van der Waals surface area (Å²) in [6.45, 7) is 4.67. The standard InChI is InChI=1S/C25H28N6O4/c1-15(2)13-26-24(32)18-7-6-8-21(29-18)31-10-9-16-14-27-25(30-23(16)31)28-17-11-19(33-3)22(35-5)20(12-17)34-4/h6-12,14-15H,13H2,1-5H3,(H,26,32)(H,27,28,30). The lowest BCUT2D eigenvalue weighted by atomic mass is 10.2. The van der Waals surface area contributed by atoms with E-state index >= 15 is 0 Å². The van der Waals surface area contributed by atoms with Crippen molar-refractivity contribution < 1.29 is 19.0 Å². The van der Waals surface area contributed by atoms with E-state index in [0.717, 1.165) is 5.39 Å². The second-order valence-corrected chi connectivity index (χ2v) is 8.18. The number of benzene rings is 1. The minimum atomic E-state index is -0.212. The third-order valence-corrected chi connectivity index (χ3v) is 5.23. The molecule has 0 bridgehead atoms. The summed E-state index contributed by atoms with van der Waals surface area (Å²) in [4.78, 5) is 26.1. The van der Waals surface area contributed by atoms with Crippen molar-refractivity contribution in [2.45, 2.75) is 13.8 Å². The topological polar surface area (TPSA) is 112 Å². The van der Waals surface area contributed by atoms with E-state index in [1.165, 1.54) is 0 Å². The predicted molar refractivity (Wildman–Crippen MR) is 133 cm³/mol. The number of nitrogens with zero attached hydrogens (tertiary/aromatic N) is 4. The van der Waals surface area contributed by atoms with Gasteiger partial charge in [0.15, 0.2) is 17.1 Å². The zero-order chi connectivity index (χ0) is 24.9. The Morgan fingerprint density at radius 2 is 1.77 bits per heavy atom. The molecular weight excluding hydrogens is 448 g/mol. The first-order valence-electron chi connectivity index (χ1n) is 11.1. The lowest BCUT2D eigenvalue weighted by Crippen LogP contribution is -2.28. The Balaban J connectivity index is 1.66. The minimum absolute atomic E-state index is 0.212. The molecule has 4 rings (SSSR count). The molecule has 0 unspecified atom stereocenters. The van der Waals surface area contributed by atoms with Crippen LogP contribution in [0.25, 0.3) is 16.9 Å². The summed E-state index contributed by atoms with van der Waals surface area (Å²) in [5, 5.41) is 6.91. The molecule has 182 valence electrons. The van der Waals surface area contributed by atoms with Crippen molar-refractivity contribution in [3.05, 3.63) is 54.5 Å². The van der Waals surface area contributed by atoms with E-state index in [1.54, 1.807) is 51.8 Å². The Labute approximate surface area is 203 Å². The highest BCUT2D eigenvalue weighted by atomic mass is 16.5. The molecule has 0 radical (unpaired) electrons. The van der Waals surface area contributed by atoms with Gasteiger partial charge in [-0.1, -0.05) is 19.9 Å². The number of fused-ring (bicyclic) bond motifs is 1. The second kappa shape index (κ2) is 10.3. The van der Waals surface area contributed by atoms with Crippen molar-refractivity contribution in [2.24, 2.45) is 5.92 Å². The number of carbonyl (C=O) groups is 1. The van der Waals surface area contributed by atoms with Crippen LogP contribution in [0, 0.1) is 5.92 Å². The van der Waals surface area contributed by atoms with Crippen molar-refractivity contribution in [1.29, 1.82) is 0 Å². The lowest BCUT2D eigenvalue weighted by molar-refractivity contribution is 0.0944. The fourth-order valence-corrected chi connectivity index (χ4v) is 3.52. The molecule has 0 saturated heterocycles. The molecular formula is C25H28N6O4. The number of anilines is 2. The van der Waals surface area contributed by atoms with Crippen LogP contribution in [0.15, 0.2) is 48.8 Å². The molecule has 10 heteroatoms. The Bertz CT molecular complexity index is 1330. The Kier molecular flexibility index (Phi) is 7.00. The molecule has 3 aromatic heterocycles. The van der Waals surface area contributed by atoms with Crippen LogP contribution in [0.1, 0.15) is 24.3 Å². The molecule has 0 aliphatic carbocycles. The highest BCUT2D eigenvalue weighted by Crippen LogP contribution is 2.40. The molecule has 0 spiro atoms. The zero-order valence-electron chi connectivity index (χ0n) is 20.3. The summed E-state index contributed by atoms with van der Waals surface area (Å²) in [7, 11) is 4.66. The number of pyridine rings is 1. The van der Waals surface area contributed by atoms with Gasteiger partial charge < -0.3 is 24.8 Å². The van der Waals surface area contributed by atoms with Gasteiger partial charge in [0.25, 0.3) is 5.91 Å². The van der Waals surface area contributed by atoms with Crippen molar-refractivity contribution in [3.8, 4) is 23.1 Å². The fourth-order valence-electron chi connectivity index (χ4n) is 3.52. The molecule has 0 aliphatic rings. The number of amides is 1. The molecule has 0 fully saturated rings. The summed E-state index contributed by atoms with van der Waals surface area (Å²) in [5.41, 5.74) is 1.65. The van der Waals surface area contributed by atoms with Crippen LogP contribution in [0.2, 0.25) is 0 Å². The van der Waals surface area contributed by atoms with Gasteiger partial charge in [0.2, 0.25) is 11.7 Å². The van der Waals surface area contributed by atoms with Gasteiger partial charge in [0.05, 0.1) is 21.3 Å². The monoisotopic (exact) mass is 476 g/mol. The normalized spacial score (nSPS) is 10.9. The highest BCUT2D eigenvalue weighted by Gasteiger charge is 2.15. The third-order valence-electron chi connectivity index (χ3n) is 5.23. The molecule has 10 nitrogen and oxygen atoms in total. The number of nitrogens with one attached hydrogen (secondary N) is 2. The van der Waals surface area contributed by atoms with Gasteiger partial charge >= 0.3 is 0 Å². The molecule has 3 heterocycles. The molecule has 0 aliphatic heterocycles.